The quantitative estimate of drug-likeness (QED) is 0.809. The number of halogens is 1. The van der Waals surface area contributed by atoms with Crippen molar-refractivity contribution in [1.82, 2.24) is 9.88 Å². The maximum atomic E-state index is 5.79. The van der Waals surface area contributed by atoms with Gasteiger partial charge in [0.05, 0.1) is 18.1 Å². The monoisotopic (exact) mass is 307 g/mol. The Kier molecular flexibility index (Phi) is 4.55. The molecule has 3 rings (SSSR count). The van der Waals surface area contributed by atoms with Crippen LogP contribution in [-0.4, -0.2) is 36.1 Å². The fourth-order valence-corrected chi connectivity index (χ4v) is 3.54. The molecule has 2 aromatic rings. The summed E-state index contributed by atoms with van der Waals surface area (Å²) in [6, 6.07) is 10.6. The Morgan fingerprint density at radius 1 is 1.10 bits per heavy atom. The summed E-state index contributed by atoms with van der Waals surface area (Å²) in [6.07, 6.45) is 0. The van der Waals surface area contributed by atoms with Crippen LogP contribution in [0.5, 0.6) is 0 Å². The number of para-hydroxylation sites is 1. The lowest BCUT2D eigenvalue weighted by molar-refractivity contribution is 0.249. The van der Waals surface area contributed by atoms with Crippen molar-refractivity contribution in [3.05, 3.63) is 46.4 Å². The minimum atomic E-state index is 0.512. The molecule has 0 saturated carbocycles. The van der Waals surface area contributed by atoms with E-state index in [4.69, 9.17) is 11.6 Å². The van der Waals surface area contributed by atoms with E-state index in [1.165, 1.54) is 10.7 Å². The zero-order chi connectivity index (χ0) is 13.8. The van der Waals surface area contributed by atoms with Gasteiger partial charge >= 0.3 is 0 Å². The summed E-state index contributed by atoms with van der Waals surface area (Å²) in [5.41, 5.74) is 2.32. The summed E-state index contributed by atoms with van der Waals surface area (Å²) >= 11 is 7.51. The van der Waals surface area contributed by atoms with Crippen molar-refractivity contribution in [2.45, 2.75) is 12.4 Å². The van der Waals surface area contributed by atoms with Crippen molar-refractivity contribution in [3.8, 4) is 0 Å². The van der Waals surface area contributed by atoms with Crippen molar-refractivity contribution < 1.29 is 0 Å². The molecule has 1 aliphatic heterocycles. The fourth-order valence-electron chi connectivity index (χ4n) is 2.48. The van der Waals surface area contributed by atoms with Crippen LogP contribution in [0.2, 0.25) is 0 Å². The molecule has 0 spiro atoms. The van der Waals surface area contributed by atoms with E-state index in [-0.39, 0.29) is 0 Å². The predicted octanol–water partition coefficient (Wildman–Crippen LogP) is 3.20. The second-order valence-electron chi connectivity index (χ2n) is 4.96. The van der Waals surface area contributed by atoms with Gasteiger partial charge in [0.15, 0.2) is 0 Å². The standard InChI is InChI=1S/C15H18ClN3S/c16-10-13-12-20-15(17-13)11-18-6-8-19(9-7-18)14-4-2-1-3-5-14/h1-5,12H,6-11H2. The molecule has 0 unspecified atom stereocenters. The molecule has 0 amide bonds. The first kappa shape index (κ1) is 13.9. The highest BCUT2D eigenvalue weighted by atomic mass is 35.5. The third kappa shape index (κ3) is 3.32. The summed E-state index contributed by atoms with van der Waals surface area (Å²) in [5, 5.41) is 3.23. The van der Waals surface area contributed by atoms with E-state index in [9.17, 15) is 0 Å². The second kappa shape index (κ2) is 6.57. The van der Waals surface area contributed by atoms with E-state index in [0.717, 1.165) is 38.4 Å². The molecule has 0 atom stereocenters. The largest absolute Gasteiger partial charge is 0.369 e. The molecule has 1 aromatic heterocycles. The molecule has 5 heteroatoms. The average Bonchev–Trinajstić information content (AvgIpc) is 2.97. The van der Waals surface area contributed by atoms with Crippen molar-refractivity contribution in [2.75, 3.05) is 31.1 Å². The van der Waals surface area contributed by atoms with Gasteiger partial charge in [-0.25, -0.2) is 4.98 Å². The van der Waals surface area contributed by atoms with Gasteiger partial charge in [0, 0.05) is 37.2 Å². The minimum absolute atomic E-state index is 0.512. The first-order valence-electron chi connectivity index (χ1n) is 6.87. The molecule has 0 radical (unpaired) electrons. The highest BCUT2D eigenvalue weighted by molar-refractivity contribution is 7.09. The van der Waals surface area contributed by atoms with E-state index in [2.05, 4.69) is 50.5 Å². The highest BCUT2D eigenvalue weighted by Crippen LogP contribution is 2.18. The van der Waals surface area contributed by atoms with Gasteiger partial charge < -0.3 is 4.90 Å². The van der Waals surface area contributed by atoms with Crippen molar-refractivity contribution in [2.24, 2.45) is 0 Å². The Labute approximate surface area is 128 Å². The van der Waals surface area contributed by atoms with Crippen LogP contribution in [-0.2, 0) is 12.4 Å². The average molecular weight is 308 g/mol. The van der Waals surface area contributed by atoms with Crippen LogP contribution in [0.15, 0.2) is 35.7 Å². The Hall–Kier alpha value is -1.10. The molecule has 1 fully saturated rings. The molecule has 2 heterocycles. The lowest BCUT2D eigenvalue weighted by Gasteiger charge is -2.35. The Morgan fingerprint density at radius 3 is 2.50 bits per heavy atom. The summed E-state index contributed by atoms with van der Waals surface area (Å²) in [5.74, 6) is 0.512. The first-order valence-corrected chi connectivity index (χ1v) is 8.28. The Morgan fingerprint density at radius 2 is 1.85 bits per heavy atom. The summed E-state index contributed by atoms with van der Waals surface area (Å²) < 4.78 is 0. The zero-order valence-corrected chi connectivity index (χ0v) is 12.9. The zero-order valence-electron chi connectivity index (χ0n) is 11.3. The molecular weight excluding hydrogens is 290 g/mol. The number of nitrogens with zero attached hydrogens (tertiary/aromatic N) is 3. The SMILES string of the molecule is ClCc1csc(CN2CCN(c3ccccc3)CC2)n1. The van der Waals surface area contributed by atoms with Crippen LogP contribution in [0.25, 0.3) is 0 Å². The third-order valence-electron chi connectivity index (χ3n) is 3.59. The van der Waals surface area contributed by atoms with Crippen LogP contribution >= 0.6 is 22.9 Å². The number of anilines is 1. The van der Waals surface area contributed by atoms with E-state index in [1.54, 1.807) is 11.3 Å². The first-order chi connectivity index (χ1) is 9.85. The van der Waals surface area contributed by atoms with E-state index in [1.807, 2.05) is 0 Å². The van der Waals surface area contributed by atoms with E-state index >= 15 is 0 Å². The molecule has 20 heavy (non-hydrogen) atoms. The number of piperazine rings is 1. The molecule has 0 N–H and O–H groups in total. The number of rotatable bonds is 4. The maximum absolute atomic E-state index is 5.79. The lowest BCUT2D eigenvalue weighted by atomic mass is 10.2. The van der Waals surface area contributed by atoms with Gasteiger partial charge in [-0.1, -0.05) is 18.2 Å². The van der Waals surface area contributed by atoms with Crippen molar-refractivity contribution in [3.63, 3.8) is 0 Å². The third-order valence-corrected chi connectivity index (χ3v) is 4.74. The summed E-state index contributed by atoms with van der Waals surface area (Å²) in [6.45, 7) is 5.29. The minimum Gasteiger partial charge on any atom is -0.369 e. The lowest BCUT2D eigenvalue weighted by Crippen LogP contribution is -2.45. The van der Waals surface area contributed by atoms with Gasteiger partial charge in [-0.3, -0.25) is 4.90 Å². The molecule has 1 aromatic carbocycles. The van der Waals surface area contributed by atoms with E-state index in [0.29, 0.717) is 5.88 Å². The topological polar surface area (TPSA) is 19.4 Å². The smallest absolute Gasteiger partial charge is 0.107 e. The number of hydrogen-bond acceptors (Lipinski definition) is 4. The predicted molar refractivity (Wildman–Crippen MR) is 85.6 cm³/mol. The van der Waals surface area contributed by atoms with Gasteiger partial charge in [0.2, 0.25) is 0 Å². The number of thiazole rings is 1. The van der Waals surface area contributed by atoms with Gasteiger partial charge in [0.25, 0.3) is 0 Å². The van der Waals surface area contributed by atoms with Gasteiger partial charge in [-0.15, -0.1) is 22.9 Å². The van der Waals surface area contributed by atoms with Gasteiger partial charge in [0.1, 0.15) is 5.01 Å². The van der Waals surface area contributed by atoms with Crippen LogP contribution in [0.1, 0.15) is 10.7 Å². The van der Waals surface area contributed by atoms with Gasteiger partial charge in [-0.05, 0) is 12.1 Å². The number of hydrogen-bond donors (Lipinski definition) is 0. The summed E-state index contributed by atoms with van der Waals surface area (Å²) in [7, 11) is 0. The normalized spacial score (nSPS) is 16.6. The van der Waals surface area contributed by atoms with Crippen molar-refractivity contribution in [1.29, 1.82) is 0 Å². The molecule has 3 nitrogen and oxygen atoms in total. The molecule has 0 bridgehead atoms. The van der Waals surface area contributed by atoms with Crippen LogP contribution in [0.3, 0.4) is 0 Å². The summed E-state index contributed by atoms with van der Waals surface area (Å²) in [4.78, 5) is 9.45. The highest BCUT2D eigenvalue weighted by Gasteiger charge is 2.18. The van der Waals surface area contributed by atoms with Crippen LogP contribution < -0.4 is 4.90 Å². The van der Waals surface area contributed by atoms with Gasteiger partial charge in [-0.2, -0.15) is 0 Å². The van der Waals surface area contributed by atoms with Crippen molar-refractivity contribution >= 4 is 28.6 Å². The number of aromatic nitrogens is 1. The van der Waals surface area contributed by atoms with E-state index < -0.39 is 0 Å². The molecular formula is C15H18ClN3S. The molecule has 1 saturated heterocycles. The number of alkyl halides is 1. The molecule has 0 aliphatic carbocycles. The van der Waals surface area contributed by atoms with Crippen LogP contribution in [0, 0.1) is 0 Å². The fraction of sp³-hybridized carbons (Fsp3) is 0.400. The molecule has 1 aliphatic rings. The second-order valence-corrected chi connectivity index (χ2v) is 6.17. The van der Waals surface area contributed by atoms with Crippen LogP contribution in [0.4, 0.5) is 5.69 Å². The number of benzene rings is 1. The molecule has 106 valence electrons. The Bertz CT molecular complexity index is 535. The Balaban J connectivity index is 1.53. The maximum Gasteiger partial charge on any atom is 0.107 e.